The van der Waals surface area contributed by atoms with E-state index in [1.807, 2.05) is 12.1 Å². The van der Waals surface area contributed by atoms with Crippen LogP contribution in [-0.4, -0.2) is 18.5 Å². The number of thiophene rings is 2. The standard InChI is InChI=1S/C14H10BrClN2O3S2/c1-2-21-14(20)11-10(7-3-4-8(15)22-7)12(16)23-13(11)18-9(19)5-6-17/h3-4H,2,5H2,1H3,(H,18,19). The lowest BCUT2D eigenvalue weighted by atomic mass is 10.1. The zero-order valence-electron chi connectivity index (χ0n) is 11.8. The van der Waals surface area contributed by atoms with Gasteiger partial charge in [-0.25, -0.2) is 4.79 Å². The van der Waals surface area contributed by atoms with E-state index in [1.165, 1.54) is 11.3 Å². The van der Waals surface area contributed by atoms with Crippen molar-refractivity contribution in [2.45, 2.75) is 13.3 Å². The average Bonchev–Trinajstić information content (AvgIpc) is 3.02. The van der Waals surface area contributed by atoms with Gasteiger partial charge in [0.2, 0.25) is 5.91 Å². The number of anilines is 1. The average molecular weight is 434 g/mol. The highest BCUT2D eigenvalue weighted by Crippen LogP contribution is 2.46. The summed E-state index contributed by atoms with van der Waals surface area (Å²) >= 11 is 12.1. The van der Waals surface area contributed by atoms with Crippen molar-refractivity contribution in [3.8, 4) is 16.5 Å². The fourth-order valence-corrected chi connectivity index (χ4v) is 4.74. The molecule has 2 aromatic rings. The summed E-state index contributed by atoms with van der Waals surface area (Å²) in [5, 5.41) is 11.4. The van der Waals surface area contributed by atoms with Crippen LogP contribution >= 0.6 is 50.2 Å². The van der Waals surface area contributed by atoms with Crippen molar-refractivity contribution in [1.82, 2.24) is 0 Å². The van der Waals surface area contributed by atoms with Crippen molar-refractivity contribution >= 4 is 67.1 Å². The van der Waals surface area contributed by atoms with Gasteiger partial charge in [0.25, 0.3) is 0 Å². The van der Waals surface area contributed by atoms with Gasteiger partial charge in [-0.3, -0.25) is 4.79 Å². The summed E-state index contributed by atoms with van der Waals surface area (Å²) in [5.41, 5.74) is 0.737. The van der Waals surface area contributed by atoms with Crippen molar-refractivity contribution in [2.75, 3.05) is 11.9 Å². The van der Waals surface area contributed by atoms with Gasteiger partial charge in [-0.05, 0) is 35.0 Å². The maximum absolute atomic E-state index is 12.3. The van der Waals surface area contributed by atoms with Crippen molar-refractivity contribution in [2.24, 2.45) is 0 Å². The molecule has 0 aliphatic heterocycles. The first-order chi connectivity index (χ1) is 11.0. The molecule has 0 fully saturated rings. The minimum atomic E-state index is -0.567. The van der Waals surface area contributed by atoms with Gasteiger partial charge in [-0.1, -0.05) is 11.6 Å². The predicted octanol–water partition coefficient (Wildman–Crippen LogP) is 4.92. The lowest BCUT2D eigenvalue weighted by molar-refractivity contribution is -0.115. The van der Waals surface area contributed by atoms with Crippen LogP contribution in [-0.2, 0) is 9.53 Å². The van der Waals surface area contributed by atoms with E-state index in [-0.39, 0.29) is 23.6 Å². The lowest BCUT2D eigenvalue weighted by Gasteiger charge is -2.07. The summed E-state index contributed by atoms with van der Waals surface area (Å²) in [7, 11) is 0. The Morgan fingerprint density at radius 2 is 2.17 bits per heavy atom. The van der Waals surface area contributed by atoms with E-state index in [0.717, 1.165) is 20.0 Å². The molecule has 0 saturated carbocycles. The number of nitrogens with one attached hydrogen (secondary N) is 1. The molecule has 0 unspecified atom stereocenters. The zero-order chi connectivity index (χ0) is 17.0. The number of ether oxygens (including phenoxy) is 1. The van der Waals surface area contributed by atoms with E-state index < -0.39 is 11.9 Å². The first-order valence-electron chi connectivity index (χ1n) is 6.39. The Balaban J connectivity index is 2.53. The summed E-state index contributed by atoms with van der Waals surface area (Å²) in [6, 6.07) is 5.43. The number of nitrogens with zero attached hydrogens (tertiary/aromatic N) is 1. The number of amides is 1. The van der Waals surface area contributed by atoms with Crippen LogP contribution < -0.4 is 5.32 Å². The number of halogens is 2. The largest absolute Gasteiger partial charge is 0.462 e. The molecule has 1 N–H and O–H groups in total. The van der Waals surface area contributed by atoms with Gasteiger partial charge >= 0.3 is 5.97 Å². The van der Waals surface area contributed by atoms with Crippen LogP contribution in [0.25, 0.3) is 10.4 Å². The zero-order valence-corrected chi connectivity index (χ0v) is 15.8. The van der Waals surface area contributed by atoms with E-state index in [0.29, 0.717) is 9.90 Å². The molecule has 2 rings (SSSR count). The summed E-state index contributed by atoms with van der Waals surface area (Å²) in [6.45, 7) is 1.90. The highest BCUT2D eigenvalue weighted by atomic mass is 79.9. The predicted molar refractivity (Wildman–Crippen MR) is 95.2 cm³/mol. The molecular weight excluding hydrogens is 424 g/mol. The molecule has 0 aromatic carbocycles. The number of esters is 1. The van der Waals surface area contributed by atoms with Gasteiger partial charge < -0.3 is 10.1 Å². The van der Waals surface area contributed by atoms with Crippen LogP contribution in [0, 0.1) is 11.3 Å². The molecule has 2 aromatic heterocycles. The molecule has 5 nitrogen and oxygen atoms in total. The molecule has 1 amide bonds. The van der Waals surface area contributed by atoms with E-state index in [1.54, 1.807) is 13.0 Å². The third kappa shape index (κ3) is 4.12. The molecule has 23 heavy (non-hydrogen) atoms. The minimum absolute atomic E-state index is 0.200. The third-order valence-corrected chi connectivity index (χ3v) is 5.61. The Kier molecular flexibility index (Phi) is 6.18. The molecule has 0 atom stereocenters. The maximum Gasteiger partial charge on any atom is 0.341 e. The SMILES string of the molecule is CCOC(=O)c1c(NC(=O)CC#N)sc(Cl)c1-c1ccc(Br)s1. The number of hydrogen-bond donors (Lipinski definition) is 1. The van der Waals surface area contributed by atoms with Gasteiger partial charge in [0.1, 0.15) is 21.3 Å². The van der Waals surface area contributed by atoms with E-state index >= 15 is 0 Å². The normalized spacial score (nSPS) is 10.2. The fourth-order valence-electron chi connectivity index (χ4n) is 1.80. The number of carbonyl (C=O) groups excluding carboxylic acids is 2. The van der Waals surface area contributed by atoms with Gasteiger partial charge in [0.15, 0.2) is 0 Å². The smallest absolute Gasteiger partial charge is 0.341 e. The number of carbonyl (C=O) groups is 2. The summed E-state index contributed by atoms with van der Waals surface area (Å²) in [5.74, 6) is -1.07. The van der Waals surface area contributed by atoms with Gasteiger partial charge in [-0.2, -0.15) is 5.26 Å². The Labute approximate surface area is 154 Å². The van der Waals surface area contributed by atoms with Crippen molar-refractivity contribution in [1.29, 1.82) is 5.26 Å². The molecule has 120 valence electrons. The fraction of sp³-hybridized carbons (Fsp3) is 0.214. The Hall–Kier alpha value is -1.40. The first kappa shape index (κ1) is 17.9. The second kappa shape index (κ2) is 7.93. The van der Waals surface area contributed by atoms with E-state index in [4.69, 9.17) is 21.6 Å². The van der Waals surface area contributed by atoms with Crippen LogP contribution in [0.1, 0.15) is 23.7 Å². The van der Waals surface area contributed by atoms with Gasteiger partial charge in [-0.15, -0.1) is 22.7 Å². The van der Waals surface area contributed by atoms with Crippen LogP contribution in [0.3, 0.4) is 0 Å². The topological polar surface area (TPSA) is 79.2 Å². The van der Waals surface area contributed by atoms with Crippen LogP contribution in [0.4, 0.5) is 5.00 Å². The van der Waals surface area contributed by atoms with Crippen molar-refractivity contribution in [3.63, 3.8) is 0 Å². The Morgan fingerprint density at radius 3 is 2.74 bits per heavy atom. The number of nitriles is 1. The summed E-state index contributed by atoms with van der Waals surface area (Å²) < 4.78 is 6.34. The molecule has 0 radical (unpaired) electrons. The van der Waals surface area contributed by atoms with Crippen LogP contribution in [0.15, 0.2) is 15.9 Å². The molecule has 9 heteroatoms. The Morgan fingerprint density at radius 1 is 1.43 bits per heavy atom. The number of rotatable bonds is 5. The van der Waals surface area contributed by atoms with Crippen molar-refractivity contribution < 1.29 is 14.3 Å². The summed E-state index contributed by atoms with van der Waals surface area (Å²) in [4.78, 5) is 24.8. The molecule has 0 aliphatic carbocycles. The second-order valence-corrected chi connectivity index (χ2v) is 8.25. The number of hydrogen-bond acceptors (Lipinski definition) is 6. The van der Waals surface area contributed by atoms with Crippen molar-refractivity contribution in [3.05, 3.63) is 25.8 Å². The monoisotopic (exact) mass is 432 g/mol. The van der Waals surface area contributed by atoms with Gasteiger partial charge in [0, 0.05) is 10.4 Å². The summed E-state index contributed by atoms with van der Waals surface area (Å²) in [6.07, 6.45) is -0.308. The highest BCUT2D eigenvalue weighted by Gasteiger charge is 2.27. The lowest BCUT2D eigenvalue weighted by Crippen LogP contribution is -2.13. The maximum atomic E-state index is 12.3. The molecule has 2 heterocycles. The van der Waals surface area contributed by atoms with E-state index in [2.05, 4.69) is 21.2 Å². The first-order valence-corrected chi connectivity index (χ1v) is 9.20. The quantitative estimate of drug-likeness (QED) is 0.679. The van der Waals surface area contributed by atoms with Crippen LogP contribution in [0.5, 0.6) is 0 Å². The third-order valence-electron chi connectivity index (χ3n) is 2.66. The Bertz CT molecular complexity index is 795. The molecular formula is C14H10BrClN2O3S2. The molecule has 0 aliphatic rings. The van der Waals surface area contributed by atoms with Crippen LogP contribution in [0.2, 0.25) is 4.34 Å². The molecule has 0 saturated heterocycles. The second-order valence-electron chi connectivity index (χ2n) is 4.16. The minimum Gasteiger partial charge on any atom is -0.462 e. The van der Waals surface area contributed by atoms with E-state index in [9.17, 15) is 9.59 Å². The molecule has 0 bridgehead atoms. The highest BCUT2D eigenvalue weighted by molar-refractivity contribution is 9.11. The molecule has 0 spiro atoms. The van der Waals surface area contributed by atoms with Gasteiger partial charge in [0.05, 0.1) is 16.5 Å².